The van der Waals surface area contributed by atoms with Crippen LogP contribution >= 0.6 is 11.3 Å². The minimum absolute atomic E-state index is 0.0121. The molecule has 4 rings (SSSR count). The first kappa shape index (κ1) is 21.8. The van der Waals surface area contributed by atoms with Gasteiger partial charge >= 0.3 is 5.63 Å². The number of nitrogens with zero attached hydrogens (tertiary/aromatic N) is 1. The zero-order valence-corrected chi connectivity index (χ0v) is 18.2. The Morgan fingerprint density at radius 3 is 2.66 bits per heavy atom. The van der Waals surface area contributed by atoms with E-state index in [1.807, 2.05) is 12.1 Å². The molecule has 0 atom stereocenters. The van der Waals surface area contributed by atoms with Gasteiger partial charge in [-0.15, -0.1) is 11.3 Å². The van der Waals surface area contributed by atoms with Crippen molar-refractivity contribution in [3.8, 4) is 11.3 Å². The van der Waals surface area contributed by atoms with E-state index in [2.05, 4.69) is 10.3 Å². The average molecular weight is 473 g/mol. The van der Waals surface area contributed by atoms with Crippen molar-refractivity contribution in [2.45, 2.75) is 17.7 Å². The lowest BCUT2D eigenvalue weighted by atomic mass is 10.1. The summed E-state index contributed by atoms with van der Waals surface area (Å²) in [4.78, 5) is 28.8. The summed E-state index contributed by atoms with van der Waals surface area (Å²) in [6.45, 7) is 0. The van der Waals surface area contributed by atoms with Crippen LogP contribution in [0.4, 0.5) is 9.52 Å². The molecule has 0 saturated carbocycles. The van der Waals surface area contributed by atoms with E-state index in [1.54, 1.807) is 23.6 Å². The van der Waals surface area contributed by atoms with E-state index < -0.39 is 27.2 Å². The second-order valence-corrected chi connectivity index (χ2v) is 9.92. The van der Waals surface area contributed by atoms with E-state index in [4.69, 9.17) is 4.42 Å². The molecule has 0 aliphatic carbocycles. The molecule has 4 aromatic rings. The number of hydrogen-bond acceptors (Lipinski definition) is 7. The third-order valence-corrected chi connectivity index (χ3v) is 7.23. The molecule has 164 valence electrons. The molecule has 2 heterocycles. The zero-order chi connectivity index (χ0) is 22.7. The largest absolute Gasteiger partial charge is 0.422 e. The van der Waals surface area contributed by atoms with Gasteiger partial charge in [0.1, 0.15) is 11.4 Å². The van der Waals surface area contributed by atoms with Crippen molar-refractivity contribution >= 4 is 43.2 Å². The van der Waals surface area contributed by atoms with Crippen molar-refractivity contribution in [2.24, 2.45) is 0 Å². The third-order valence-electron chi connectivity index (χ3n) is 4.66. The molecule has 0 aliphatic rings. The molecular formula is C22H17FN2O5S2. The van der Waals surface area contributed by atoms with Crippen molar-refractivity contribution in [1.82, 2.24) is 4.98 Å². The summed E-state index contributed by atoms with van der Waals surface area (Å²) in [5, 5.41) is 5.29. The van der Waals surface area contributed by atoms with Gasteiger partial charge in [-0.3, -0.25) is 4.79 Å². The van der Waals surface area contributed by atoms with Crippen LogP contribution in [0.2, 0.25) is 0 Å². The molecule has 0 saturated heterocycles. The lowest BCUT2D eigenvalue weighted by molar-refractivity contribution is -0.116. The van der Waals surface area contributed by atoms with Gasteiger partial charge in [0.05, 0.1) is 21.9 Å². The Hall–Kier alpha value is -3.37. The fourth-order valence-corrected chi connectivity index (χ4v) is 5.10. The number of sulfone groups is 1. The Bertz CT molecular complexity index is 1440. The number of aromatic nitrogens is 1. The summed E-state index contributed by atoms with van der Waals surface area (Å²) in [7, 11) is -3.61. The number of nitrogens with one attached hydrogen (secondary N) is 1. The summed E-state index contributed by atoms with van der Waals surface area (Å²) in [6.07, 6.45) is 0.0610. The number of carbonyl (C=O) groups excluding carboxylic acids is 1. The molecule has 10 heteroatoms. The normalized spacial score (nSPS) is 11.5. The lowest BCUT2D eigenvalue weighted by Gasteiger charge is -2.05. The molecule has 0 radical (unpaired) electrons. The molecule has 0 unspecified atom stereocenters. The van der Waals surface area contributed by atoms with Gasteiger partial charge in [0.25, 0.3) is 0 Å². The summed E-state index contributed by atoms with van der Waals surface area (Å²) < 4.78 is 42.8. The van der Waals surface area contributed by atoms with Gasteiger partial charge in [-0.25, -0.2) is 22.6 Å². The molecule has 0 aliphatic heterocycles. The van der Waals surface area contributed by atoms with Gasteiger partial charge in [-0.2, -0.15) is 0 Å². The maximum atomic E-state index is 13.0. The quantitative estimate of drug-likeness (QED) is 0.318. The third kappa shape index (κ3) is 4.92. The van der Waals surface area contributed by atoms with E-state index in [1.165, 1.54) is 12.1 Å². The van der Waals surface area contributed by atoms with Crippen molar-refractivity contribution in [3.05, 3.63) is 76.2 Å². The fourth-order valence-electron chi connectivity index (χ4n) is 3.06. The number of benzene rings is 2. The van der Waals surface area contributed by atoms with Gasteiger partial charge in [-0.05, 0) is 42.8 Å². The number of rotatable bonds is 7. The van der Waals surface area contributed by atoms with E-state index in [0.717, 1.165) is 28.9 Å². The number of para-hydroxylation sites is 1. The van der Waals surface area contributed by atoms with Gasteiger partial charge in [0.2, 0.25) is 5.91 Å². The molecule has 1 amide bonds. The van der Waals surface area contributed by atoms with Crippen LogP contribution in [0.15, 0.2) is 74.1 Å². The minimum atomic E-state index is -3.61. The van der Waals surface area contributed by atoms with E-state index in [9.17, 15) is 22.4 Å². The first-order chi connectivity index (χ1) is 15.3. The highest BCUT2D eigenvalue weighted by Crippen LogP contribution is 2.25. The molecule has 2 aromatic carbocycles. The van der Waals surface area contributed by atoms with Gasteiger partial charge < -0.3 is 9.73 Å². The molecule has 0 spiro atoms. The highest BCUT2D eigenvalue weighted by atomic mass is 32.2. The van der Waals surface area contributed by atoms with Crippen molar-refractivity contribution in [2.75, 3.05) is 11.1 Å². The standard InChI is InChI=1S/C22H17FN2O5S2/c23-15-7-9-16(10-8-15)32(28,29)11-3-6-20(26)25-22-24-18(13-31-22)17-12-14-4-1-2-5-19(14)30-21(17)27/h1-2,4-5,7-10,12-13H,3,6,11H2,(H,24,25,26). The second-order valence-electron chi connectivity index (χ2n) is 6.95. The minimum Gasteiger partial charge on any atom is -0.422 e. The number of carbonyl (C=O) groups is 1. The van der Waals surface area contributed by atoms with Crippen LogP contribution in [0.25, 0.3) is 22.2 Å². The summed E-state index contributed by atoms with van der Waals surface area (Å²) in [5.74, 6) is -1.16. The summed E-state index contributed by atoms with van der Waals surface area (Å²) in [6, 6.07) is 13.4. The SMILES string of the molecule is O=C(CCCS(=O)(=O)c1ccc(F)cc1)Nc1nc(-c2cc3ccccc3oc2=O)cs1. The maximum absolute atomic E-state index is 13.0. The number of thiazole rings is 1. The van der Waals surface area contributed by atoms with Crippen LogP contribution in [0.5, 0.6) is 0 Å². The predicted octanol–water partition coefficient (Wildman–Crippen LogP) is 4.25. The molecule has 0 bridgehead atoms. The smallest absolute Gasteiger partial charge is 0.345 e. The Morgan fingerprint density at radius 2 is 1.88 bits per heavy atom. The van der Waals surface area contributed by atoms with Crippen LogP contribution in [-0.2, 0) is 14.6 Å². The maximum Gasteiger partial charge on any atom is 0.345 e. The van der Waals surface area contributed by atoms with E-state index in [-0.39, 0.29) is 29.1 Å². The summed E-state index contributed by atoms with van der Waals surface area (Å²) >= 11 is 1.15. The van der Waals surface area contributed by atoms with E-state index >= 15 is 0 Å². The molecule has 7 nitrogen and oxygen atoms in total. The Labute approximate surface area is 186 Å². The van der Waals surface area contributed by atoms with Crippen LogP contribution < -0.4 is 10.9 Å². The molecule has 32 heavy (non-hydrogen) atoms. The predicted molar refractivity (Wildman–Crippen MR) is 120 cm³/mol. The Balaban J connectivity index is 1.37. The monoisotopic (exact) mass is 472 g/mol. The van der Waals surface area contributed by atoms with Crippen LogP contribution in [0.3, 0.4) is 0 Å². The number of halogens is 1. The van der Waals surface area contributed by atoms with Gasteiger partial charge in [-0.1, -0.05) is 18.2 Å². The highest BCUT2D eigenvalue weighted by molar-refractivity contribution is 7.91. The summed E-state index contributed by atoms with van der Waals surface area (Å²) in [5.41, 5.74) is 0.605. The Morgan fingerprint density at radius 1 is 1.12 bits per heavy atom. The van der Waals surface area contributed by atoms with Crippen LogP contribution in [-0.4, -0.2) is 25.1 Å². The lowest BCUT2D eigenvalue weighted by Crippen LogP contribution is -2.14. The van der Waals surface area contributed by atoms with Gasteiger partial charge in [0, 0.05) is 17.2 Å². The molecule has 0 fully saturated rings. The first-order valence-electron chi connectivity index (χ1n) is 9.59. The fraction of sp³-hybridized carbons (Fsp3) is 0.136. The second kappa shape index (κ2) is 9.01. The zero-order valence-electron chi connectivity index (χ0n) is 16.6. The average Bonchev–Trinajstić information content (AvgIpc) is 3.21. The Kier molecular flexibility index (Phi) is 6.15. The van der Waals surface area contributed by atoms with Crippen LogP contribution in [0.1, 0.15) is 12.8 Å². The molecular weight excluding hydrogens is 455 g/mol. The first-order valence-corrected chi connectivity index (χ1v) is 12.1. The van der Waals surface area contributed by atoms with Crippen molar-refractivity contribution < 1.29 is 22.0 Å². The van der Waals surface area contributed by atoms with Crippen molar-refractivity contribution in [1.29, 1.82) is 0 Å². The van der Waals surface area contributed by atoms with Crippen molar-refractivity contribution in [3.63, 3.8) is 0 Å². The molecule has 2 aromatic heterocycles. The number of hydrogen-bond donors (Lipinski definition) is 1. The highest BCUT2D eigenvalue weighted by Gasteiger charge is 2.16. The number of fused-ring (bicyclic) bond motifs is 1. The number of anilines is 1. The molecule has 1 N–H and O–H groups in total. The van der Waals surface area contributed by atoms with E-state index in [0.29, 0.717) is 16.4 Å². The van der Waals surface area contributed by atoms with Crippen LogP contribution in [0, 0.1) is 5.82 Å². The topological polar surface area (TPSA) is 106 Å². The number of amides is 1. The van der Waals surface area contributed by atoms with Gasteiger partial charge in [0.15, 0.2) is 15.0 Å².